The molecule has 0 spiro atoms. The van der Waals surface area contributed by atoms with Gasteiger partial charge in [-0.15, -0.1) is 0 Å². The Labute approximate surface area is 189 Å². The predicted octanol–water partition coefficient (Wildman–Crippen LogP) is 6.28. The van der Waals surface area contributed by atoms with Crippen molar-refractivity contribution in [2.75, 3.05) is 18.6 Å². The fraction of sp³-hybridized carbons (Fsp3) is 0.200. The van der Waals surface area contributed by atoms with Crippen LogP contribution in [-0.2, 0) is 11.0 Å². The summed E-state index contributed by atoms with van der Waals surface area (Å²) in [6.45, 7) is 2.29. The van der Waals surface area contributed by atoms with Crippen molar-refractivity contribution in [2.45, 2.75) is 13.1 Å². The molecule has 158 valence electrons. The number of amides is 1. The number of thioether (sulfide) groups is 1. The molecular formula is C20H15BrF3NO3S2. The molecule has 0 radical (unpaired) electrons. The van der Waals surface area contributed by atoms with Crippen molar-refractivity contribution >= 4 is 61.9 Å². The zero-order chi connectivity index (χ0) is 22.1. The third kappa shape index (κ3) is 4.65. The van der Waals surface area contributed by atoms with Gasteiger partial charge in [-0.1, -0.05) is 30.0 Å². The van der Waals surface area contributed by atoms with Crippen molar-refractivity contribution in [3.8, 4) is 11.5 Å². The fourth-order valence-electron chi connectivity index (χ4n) is 2.77. The van der Waals surface area contributed by atoms with E-state index in [1.807, 2.05) is 6.92 Å². The molecule has 2 aromatic rings. The van der Waals surface area contributed by atoms with E-state index in [0.717, 1.165) is 28.8 Å². The molecule has 1 aliphatic rings. The zero-order valence-corrected chi connectivity index (χ0v) is 19.0. The second kappa shape index (κ2) is 8.99. The van der Waals surface area contributed by atoms with E-state index in [4.69, 9.17) is 21.7 Å². The van der Waals surface area contributed by atoms with Crippen LogP contribution in [-0.4, -0.2) is 23.9 Å². The average Bonchev–Trinajstić information content (AvgIpc) is 2.96. The first-order valence-corrected chi connectivity index (χ1v) is 10.6. The summed E-state index contributed by atoms with van der Waals surface area (Å²) in [6.07, 6.45) is -2.91. The Bertz CT molecular complexity index is 1040. The van der Waals surface area contributed by atoms with Gasteiger partial charge in [-0.3, -0.25) is 9.69 Å². The Morgan fingerprint density at radius 3 is 2.63 bits per heavy atom. The molecule has 1 amide bonds. The first-order valence-electron chi connectivity index (χ1n) is 8.61. The Hall–Kier alpha value is -2.04. The largest absolute Gasteiger partial charge is 0.493 e. The number of alkyl halides is 3. The van der Waals surface area contributed by atoms with Crippen LogP contribution in [0.5, 0.6) is 11.5 Å². The zero-order valence-electron chi connectivity index (χ0n) is 15.7. The van der Waals surface area contributed by atoms with Crippen LogP contribution in [0, 0.1) is 0 Å². The molecule has 1 aliphatic heterocycles. The Kier molecular flexibility index (Phi) is 6.78. The molecule has 0 aliphatic carbocycles. The van der Waals surface area contributed by atoms with Gasteiger partial charge in [-0.2, -0.15) is 13.2 Å². The minimum Gasteiger partial charge on any atom is -0.493 e. The Morgan fingerprint density at radius 2 is 2.00 bits per heavy atom. The molecule has 10 heteroatoms. The van der Waals surface area contributed by atoms with Crippen LogP contribution >= 0.6 is 39.9 Å². The number of nitrogens with zero attached hydrogens (tertiary/aromatic N) is 1. The minimum atomic E-state index is -4.52. The number of carbonyl (C=O) groups excluding carboxylic acids is 1. The number of benzene rings is 2. The number of anilines is 1. The SMILES string of the molecule is CCOc1c(Br)cc(/C=C2\SC(=S)N(c3cccc(C(F)(F)F)c3)C2=O)cc1OC. The Morgan fingerprint density at radius 1 is 1.27 bits per heavy atom. The summed E-state index contributed by atoms with van der Waals surface area (Å²) in [4.78, 5) is 14.3. The number of methoxy groups -OCH3 is 1. The molecule has 0 atom stereocenters. The molecule has 4 nitrogen and oxygen atoms in total. The van der Waals surface area contributed by atoms with Gasteiger partial charge in [0.15, 0.2) is 15.8 Å². The van der Waals surface area contributed by atoms with Crippen molar-refractivity contribution in [2.24, 2.45) is 0 Å². The van der Waals surface area contributed by atoms with Gasteiger partial charge in [-0.25, -0.2) is 0 Å². The lowest BCUT2D eigenvalue weighted by Gasteiger charge is -2.16. The summed E-state index contributed by atoms with van der Waals surface area (Å²) >= 11 is 9.69. The third-order valence-electron chi connectivity index (χ3n) is 4.06. The van der Waals surface area contributed by atoms with Crippen molar-refractivity contribution in [1.82, 2.24) is 0 Å². The van der Waals surface area contributed by atoms with Gasteiger partial charge in [-0.05, 0) is 64.8 Å². The van der Waals surface area contributed by atoms with E-state index in [1.165, 1.54) is 19.2 Å². The molecule has 0 unspecified atom stereocenters. The fourth-order valence-corrected chi connectivity index (χ4v) is 4.64. The standard InChI is InChI=1S/C20H15BrF3NO3S2/c1-3-28-17-14(21)7-11(8-15(17)27-2)9-16-18(26)25(19(29)30-16)13-6-4-5-12(10-13)20(22,23)24/h4-10H,3H2,1-2H3/b16-9-. The predicted molar refractivity (Wildman–Crippen MR) is 119 cm³/mol. The number of halogens is 4. The Balaban J connectivity index is 1.95. The van der Waals surface area contributed by atoms with Crippen molar-refractivity contribution in [3.05, 3.63) is 56.9 Å². The second-order valence-electron chi connectivity index (χ2n) is 6.03. The maximum atomic E-state index is 13.0. The van der Waals surface area contributed by atoms with Gasteiger partial charge in [0.2, 0.25) is 0 Å². The summed E-state index contributed by atoms with van der Waals surface area (Å²) in [5.41, 5.74) is -0.133. The molecule has 1 saturated heterocycles. The van der Waals surface area contributed by atoms with Crippen LogP contribution in [0.2, 0.25) is 0 Å². The summed E-state index contributed by atoms with van der Waals surface area (Å²) < 4.78 is 50.8. The number of rotatable bonds is 5. The highest BCUT2D eigenvalue weighted by molar-refractivity contribution is 9.10. The molecule has 3 rings (SSSR count). The van der Waals surface area contributed by atoms with Crippen molar-refractivity contribution < 1.29 is 27.4 Å². The van der Waals surface area contributed by atoms with Gasteiger partial charge in [0.05, 0.1) is 34.3 Å². The molecule has 1 fully saturated rings. The van der Waals surface area contributed by atoms with Crippen LogP contribution < -0.4 is 14.4 Å². The summed E-state index contributed by atoms with van der Waals surface area (Å²) in [5.74, 6) is 0.521. The van der Waals surface area contributed by atoms with E-state index in [-0.39, 0.29) is 14.9 Å². The lowest BCUT2D eigenvalue weighted by atomic mass is 10.1. The number of thiocarbonyl (C=S) groups is 1. The van der Waals surface area contributed by atoms with Gasteiger partial charge in [0.25, 0.3) is 5.91 Å². The smallest absolute Gasteiger partial charge is 0.416 e. The molecule has 0 N–H and O–H groups in total. The maximum Gasteiger partial charge on any atom is 0.416 e. The third-order valence-corrected chi connectivity index (χ3v) is 5.95. The monoisotopic (exact) mass is 517 g/mol. The molecule has 30 heavy (non-hydrogen) atoms. The first kappa shape index (κ1) is 22.6. The maximum absolute atomic E-state index is 13.0. The molecule has 0 bridgehead atoms. The van der Waals surface area contributed by atoms with E-state index in [0.29, 0.717) is 28.1 Å². The highest BCUT2D eigenvalue weighted by atomic mass is 79.9. The number of hydrogen-bond acceptors (Lipinski definition) is 5. The van der Waals surface area contributed by atoms with Crippen LogP contribution in [0.15, 0.2) is 45.8 Å². The normalized spacial score (nSPS) is 15.8. The van der Waals surface area contributed by atoms with Crippen LogP contribution in [0.3, 0.4) is 0 Å². The van der Waals surface area contributed by atoms with Gasteiger partial charge < -0.3 is 9.47 Å². The van der Waals surface area contributed by atoms with E-state index in [2.05, 4.69) is 15.9 Å². The number of carbonyl (C=O) groups is 1. The van der Waals surface area contributed by atoms with E-state index >= 15 is 0 Å². The number of hydrogen-bond donors (Lipinski definition) is 0. The van der Waals surface area contributed by atoms with Crippen molar-refractivity contribution in [1.29, 1.82) is 0 Å². The highest BCUT2D eigenvalue weighted by Crippen LogP contribution is 2.41. The number of ether oxygens (including phenoxy) is 2. The summed E-state index contributed by atoms with van der Waals surface area (Å²) in [7, 11) is 1.50. The minimum absolute atomic E-state index is 0.0705. The lowest BCUT2D eigenvalue weighted by Crippen LogP contribution is -2.27. The lowest BCUT2D eigenvalue weighted by molar-refractivity contribution is -0.137. The highest BCUT2D eigenvalue weighted by Gasteiger charge is 2.36. The molecule has 0 saturated carbocycles. The van der Waals surface area contributed by atoms with Crippen LogP contribution in [0.4, 0.5) is 18.9 Å². The van der Waals surface area contributed by atoms with Gasteiger partial charge >= 0.3 is 6.18 Å². The van der Waals surface area contributed by atoms with E-state index in [1.54, 1.807) is 18.2 Å². The molecule has 0 aromatic heterocycles. The van der Waals surface area contributed by atoms with Gasteiger partial charge in [0, 0.05) is 0 Å². The van der Waals surface area contributed by atoms with E-state index < -0.39 is 17.6 Å². The second-order valence-corrected chi connectivity index (χ2v) is 8.56. The van der Waals surface area contributed by atoms with Crippen LogP contribution in [0.1, 0.15) is 18.1 Å². The first-order chi connectivity index (χ1) is 14.2. The van der Waals surface area contributed by atoms with Crippen molar-refractivity contribution in [3.63, 3.8) is 0 Å². The van der Waals surface area contributed by atoms with Crippen LogP contribution in [0.25, 0.3) is 6.08 Å². The van der Waals surface area contributed by atoms with Gasteiger partial charge in [0.1, 0.15) is 0 Å². The average molecular weight is 518 g/mol. The summed E-state index contributed by atoms with van der Waals surface area (Å²) in [6, 6.07) is 7.97. The molecule has 1 heterocycles. The van der Waals surface area contributed by atoms with E-state index in [9.17, 15) is 18.0 Å². The topological polar surface area (TPSA) is 38.8 Å². The molecule has 2 aromatic carbocycles. The summed E-state index contributed by atoms with van der Waals surface area (Å²) in [5, 5.41) is 0. The molecular weight excluding hydrogens is 503 g/mol. The quantitative estimate of drug-likeness (QED) is 0.344.